The van der Waals surface area contributed by atoms with Gasteiger partial charge < -0.3 is 21.1 Å². The first-order valence-corrected chi connectivity index (χ1v) is 14.5. The van der Waals surface area contributed by atoms with Gasteiger partial charge in [-0.05, 0) is 71.7 Å². The van der Waals surface area contributed by atoms with Crippen LogP contribution >= 0.6 is 11.8 Å². The molecule has 0 radical (unpaired) electrons. The molecule has 0 heterocycles. The van der Waals surface area contributed by atoms with Gasteiger partial charge in [-0.3, -0.25) is 14.4 Å². The van der Waals surface area contributed by atoms with E-state index in [1.165, 1.54) is 23.9 Å². The lowest BCUT2D eigenvalue weighted by molar-refractivity contribution is -0.114. The minimum Gasteiger partial charge on any atom is -0.478 e. The number of carboxylic acid groups (broad SMARTS) is 1. The van der Waals surface area contributed by atoms with E-state index in [1.54, 1.807) is 60.7 Å². The quantitative estimate of drug-likeness (QED) is 0.114. The highest BCUT2D eigenvalue weighted by Crippen LogP contribution is 2.23. The Kier molecular flexibility index (Phi) is 10.5. The molecule has 0 atom stereocenters. The largest absolute Gasteiger partial charge is 0.478 e. The summed E-state index contributed by atoms with van der Waals surface area (Å²) in [7, 11) is 0. The number of carbonyl (C=O) groups is 4. The van der Waals surface area contributed by atoms with Gasteiger partial charge in [0.05, 0.1) is 11.3 Å². The topological polar surface area (TPSA) is 125 Å². The van der Waals surface area contributed by atoms with Gasteiger partial charge in [0, 0.05) is 21.8 Å². The molecule has 9 heteroatoms. The van der Waals surface area contributed by atoms with Crippen LogP contribution in [0.3, 0.4) is 0 Å². The molecule has 0 saturated heterocycles. The van der Waals surface area contributed by atoms with Crippen molar-refractivity contribution in [2.75, 3.05) is 16.4 Å². The molecular formula is C34H31N3O5S. The molecular weight excluding hydrogens is 562 g/mol. The number of benzene rings is 4. The Hall–Kier alpha value is -5.15. The summed E-state index contributed by atoms with van der Waals surface area (Å²) in [5.74, 6) is -1.87. The third-order valence-electron chi connectivity index (χ3n) is 6.30. The van der Waals surface area contributed by atoms with Gasteiger partial charge in [-0.2, -0.15) is 0 Å². The van der Waals surface area contributed by atoms with E-state index in [0.29, 0.717) is 22.9 Å². The van der Waals surface area contributed by atoms with Crippen molar-refractivity contribution in [3.8, 4) is 0 Å². The summed E-state index contributed by atoms with van der Waals surface area (Å²) in [4.78, 5) is 50.7. The Morgan fingerprint density at radius 2 is 1.42 bits per heavy atom. The average Bonchev–Trinajstić information content (AvgIpc) is 3.00. The van der Waals surface area contributed by atoms with Crippen LogP contribution in [0.15, 0.2) is 114 Å². The van der Waals surface area contributed by atoms with Crippen molar-refractivity contribution in [1.29, 1.82) is 0 Å². The molecule has 0 aliphatic rings. The van der Waals surface area contributed by atoms with E-state index in [9.17, 15) is 19.2 Å². The second-order valence-corrected chi connectivity index (χ2v) is 11.0. The number of carboxylic acids is 1. The molecule has 4 N–H and O–H groups in total. The molecule has 218 valence electrons. The maximum atomic E-state index is 13.4. The summed E-state index contributed by atoms with van der Waals surface area (Å²) in [6.45, 7) is 4.20. The fraction of sp³-hybridized carbons (Fsp3) is 0.118. The van der Waals surface area contributed by atoms with Gasteiger partial charge >= 0.3 is 5.97 Å². The normalized spacial score (nSPS) is 11.1. The fourth-order valence-electron chi connectivity index (χ4n) is 4.02. The van der Waals surface area contributed by atoms with Crippen molar-refractivity contribution in [2.24, 2.45) is 0 Å². The highest BCUT2D eigenvalue weighted by atomic mass is 32.2. The third-order valence-corrected chi connectivity index (χ3v) is 7.29. The molecule has 43 heavy (non-hydrogen) atoms. The Morgan fingerprint density at radius 1 is 0.767 bits per heavy atom. The number of rotatable bonds is 11. The van der Waals surface area contributed by atoms with Gasteiger partial charge in [-0.15, -0.1) is 11.8 Å². The number of hydrogen-bond donors (Lipinski definition) is 4. The summed E-state index contributed by atoms with van der Waals surface area (Å²) < 4.78 is 0. The molecule has 4 aromatic carbocycles. The zero-order valence-electron chi connectivity index (χ0n) is 23.7. The minimum atomic E-state index is -1.08. The van der Waals surface area contributed by atoms with Crippen LogP contribution in [0.2, 0.25) is 0 Å². The second-order valence-electron chi connectivity index (χ2n) is 9.90. The number of anilines is 2. The van der Waals surface area contributed by atoms with Crippen LogP contribution in [0.4, 0.5) is 11.4 Å². The SMILES string of the molecule is CC(C)c1ccc(/C=C(/NC(=O)c2ccccc2)C(=O)Nc2cccc(SCC(=O)Nc3cccc(C(=O)O)c3)c2)cc1. The summed E-state index contributed by atoms with van der Waals surface area (Å²) in [6, 6.07) is 29.4. The monoisotopic (exact) mass is 593 g/mol. The number of thioether (sulfide) groups is 1. The fourth-order valence-corrected chi connectivity index (χ4v) is 4.78. The van der Waals surface area contributed by atoms with Crippen molar-refractivity contribution < 1.29 is 24.3 Å². The number of amides is 3. The molecule has 0 saturated carbocycles. The predicted molar refractivity (Wildman–Crippen MR) is 170 cm³/mol. The number of nitrogens with one attached hydrogen (secondary N) is 3. The molecule has 0 aromatic heterocycles. The zero-order chi connectivity index (χ0) is 30.8. The van der Waals surface area contributed by atoms with Crippen molar-refractivity contribution in [2.45, 2.75) is 24.7 Å². The second kappa shape index (κ2) is 14.7. The lowest BCUT2D eigenvalue weighted by Crippen LogP contribution is -2.30. The third kappa shape index (κ3) is 9.17. The molecule has 4 rings (SSSR count). The van der Waals surface area contributed by atoms with Gasteiger partial charge in [0.2, 0.25) is 5.91 Å². The summed E-state index contributed by atoms with van der Waals surface area (Å²) in [6.07, 6.45) is 1.63. The zero-order valence-corrected chi connectivity index (χ0v) is 24.5. The standard InChI is InChI=1S/C34H31N3O5S/c1-22(2)24-16-14-23(15-17-24)18-30(37-32(39)25-8-4-3-5-9-25)33(40)36-28-12-7-13-29(20-28)43-21-31(38)35-27-11-6-10-26(19-27)34(41)42/h3-20,22H,21H2,1-2H3,(H,35,38)(H,36,40)(H,37,39)(H,41,42)/b30-18+. The molecule has 0 bridgehead atoms. The number of hydrogen-bond acceptors (Lipinski definition) is 5. The predicted octanol–water partition coefficient (Wildman–Crippen LogP) is 6.65. The molecule has 0 fully saturated rings. The Bertz CT molecular complexity index is 1650. The highest BCUT2D eigenvalue weighted by Gasteiger charge is 2.16. The maximum absolute atomic E-state index is 13.4. The molecule has 0 aliphatic heterocycles. The van der Waals surface area contributed by atoms with Crippen LogP contribution in [0.1, 0.15) is 51.6 Å². The summed E-state index contributed by atoms with van der Waals surface area (Å²) in [5, 5.41) is 17.4. The van der Waals surface area contributed by atoms with Crippen molar-refractivity contribution in [3.05, 3.63) is 131 Å². The van der Waals surface area contributed by atoms with Gasteiger partial charge in [0.25, 0.3) is 11.8 Å². The maximum Gasteiger partial charge on any atom is 0.335 e. The Balaban J connectivity index is 1.45. The van der Waals surface area contributed by atoms with Gasteiger partial charge in [0.1, 0.15) is 5.70 Å². The van der Waals surface area contributed by atoms with Gasteiger partial charge in [-0.1, -0.05) is 68.4 Å². The van der Waals surface area contributed by atoms with E-state index in [-0.39, 0.29) is 22.9 Å². The van der Waals surface area contributed by atoms with E-state index in [2.05, 4.69) is 29.8 Å². The van der Waals surface area contributed by atoms with Crippen LogP contribution in [-0.2, 0) is 9.59 Å². The van der Waals surface area contributed by atoms with E-state index in [0.717, 1.165) is 16.0 Å². The smallest absolute Gasteiger partial charge is 0.335 e. The average molecular weight is 594 g/mol. The summed E-state index contributed by atoms with van der Waals surface area (Å²) in [5.41, 5.74) is 3.37. The first-order chi connectivity index (χ1) is 20.7. The van der Waals surface area contributed by atoms with E-state index < -0.39 is 17.8 Å². The molecule has 0 spiro atoms. The van der Waals surface area contributed by atoms with Crippen molar-refractivity contribution in [3.63, 3.8) is 0 Å². The first-order valence-electron chi connectivity index (χ1n) is 13.5. The molecule has 8 nitrogen and oxygen atoms in total. The highest BCUT2D eigenvalue weighted by molar-refractivity contribution is 8.00. The van der Waals surface area contributed by atoms with Gasteiger partial charge in [0.15, 0.2) is 0 Å². The van der Waals surface area contributed by atoms with E-state index >= 15 is 0 Å². The Labute approximate surface area is 254 Å². The lowest BCUT2D eigenvalue weighted by atomic mass is 10.0. The number of carbonyl (C=O) groups excluding carboxylic acids is 3. The van der Waals surface area contributed by atoms with Crippen LogP contribution in [-0.4, -0.2) is 34.6 Å². The Morgan fingerprint density at radius 3 is 2.09 bits per heavy atom. The molecule has 0 aliphatic carbocycles. The minimum absolute atomic E-state index is 0.0688. The van der Waals surface area contributed by atoms with Crippen LogP contribution < -0.4 is 16.0 Å². The molecule has 0 unspecified atom stereocenters. The van der Waals surface area contributed by atoms with E-state index in [1.807, 2.05) is 36.4 Å². The van der Waals surface area contributed by atoms with Crippen molar-refractivity contribution >= 4 is 52.9 Å². The lowest BCUT2D eigenvalue weighted by Gasteiger charge is -2.13. The van der Waals surface area contributed by atoms with Crippen molar-refractivity contribution in [1.82, 2.24) is 5.32 Å². The van der Waals surface area contributed by atoms with Crippen LogP contribution in [0, 0.1) is 0 Å². The molecule has 4 aromatic rings. The first kappa shape index (κ1) is 30.8. The van der Waals surface area contributed by atoms with Crippen LogP contribution in [0.25, 0.3) is 6.08 Å². The summed E-state index contributed by atoms with van der Waals surface area (Å²) >= 11 is 1.26. The van der Waals surface area contributed by atoms with Crippen LogP contribution in [0.5, 0.6) is 0 Å². The van der Waals surface area contributed by atoms with Gasteiger partial charge in [-0.25, -0.2) is 4.79 Å². The molecule has 3 amide bonds. The van der Waals surface area contributed by atoms with E-state index in [4.69, 9.17) is 5.11 Å². The number of aromatic carboxylic acids is 1.